The minimum atomic E-state index is -4.13. The number of benzene rings is 2. The van der Waals surface area contributed by atoms with E-state index in [0.717, 1.165) is 28.4 Å². The zero-order valence-electron chi connectivity index (χ0n) is 31.5. The lowest BCUT2D eigenvalue weighted by Gasteiger charge is -2.30. The van der Waals surface area contributed by atoms with Crippen LogP contribution in [0, 0.1) is 11.3 Å². The van der Waals surface area contributed by atoms with Crippen LogP contribution in [0.25, 0.3) is 16.7 Å². The number of ether oxygens (including phenoxy) is 2. The largest absolute Gasteiger partial charge is 0.459 e. The van der Waals surface area contributed by atoms with E-state index in [1.54, 1.807) is 20.8 Å². The summed E-state index contributed by atoms with van der Waals surface area (Å²) in [4.78, 5) is 62.1. The minimum absolute atomic E-state index is 0.0112. The molecule has 2 aromatic carbocycles. The van der Waals surface area contributed by atoms with Crippen LogP contribution >= 0.6 is 0 Å². The van der Waals surface area contributed by atoms with Gasteiger partial charge in [0.1, 0.15) is 17.7 Å². The Morgan fingerprint density at radius 3 is 2.44 bits per heavy atom. The smallest absolute Gasteiger partial charge is 0.408 e. The highest BCUT2D eigenvalue weighted by atomic mass is 32.2. The number of para-hydroxylation sites is 3. The van der Waals surface area contributed by atoms with Crippen molar-refractivity contribution in [3.8, 4) is 11.7 Å². The number of imidazole rings is 1. The van der Waals surface area contributed by atoms with E-state index in [1.807, 2.05) is 71.3 Å². The minimum Gasteiger partial charge on any atom is -0.459 e. The Morgan fingerprint density at radius 1 is 1.00 bits per heavy atom. The van der Waals surface area contributed by atoms with Crippen molar-refractivity contribution in [1.29, 1.82) is 0 Å². The average molecular weight is 763 g/mol. The first-order valence-electron chi connectivity index (χ1n) is 18.5. The van der Waals surface area contributed by atoms with Crippen LogP contribution < -0.4 is 14.8 Å². The highest BCUT2D eigenvalue weighted by Gasteiger charge is 2.61. The maximum absolute atomic E-state index is 14.6. The Morgan fingerprint density at radius 2 is 1.72 bits per heavy atom. The molecule has 2 fully saturated rings. The van der Waals surface area contributed by atoms with Gasteiger partial charge in [-0.05, 0) is 76.6 Å². The van der Waals surface area contributed by atoms with Gasteiger partial charge < -0.3 is 19.7 Å². The molecular formula is C39H50N6O8S. The number of carbonyl (C=O) groups excluding carboxylic acids is 4. The zero-order chi connectivity index (χ0) is 38.8. The molecule has 0 spiro atoms. The van der Waals surface area contributed by atoms with Crippen molar-refractivity contribution >= 4 is 44.9 Å². The first-order valence-corrected chi connectivity index (χ1v) is 20.0. The van der Waals surface area contributed by atoms with Crippen molar-refractivity contribution in [2.45, 2.75) is 95.9 Å². The van der Waals surface area contributed by atoms with Gasteiger partial charge in [0.15, 0.2) is 5.78 Å². The molecule has 0 radical (unpaired) electrons. The Labute approximate surface area is 316 Å². The molecule has 3 heterocycles. The van der Waals surface area contributed by atoms with E-state index in [9.17, 15) is 27.6 Å². The molecule has 2 aliphatic heterocycles. The van der Waals surface area contributed by atoms with Gasteiger partial charge in [-0.15, -0.1) is 0 Å². The Balaban J connectivity index is 1.35. The molecule has 1 saturated carbocycles. The number of amides is 3. The van der Waals surface area contributed by atoms with Gasteiger partial charge >= 0.3 is 22.3 Å². The molecule has 290 valence electrons. The standard InChI is InChI=1S/C39H50N6O8S/c1-38(2,3)53-37(49)41-30-20-13-8-6-7-10-16-26-23-39(26,35(48)42-54(50,51)43(4)5)24-33(46)32-22-28(25-44(32)34(30)47)52-36-40-29-19-14-15-21-31(29)45(36)27-17-11-9-12-18-27/h9-12,14-19,21,26,28,30,32H,6-8,13,20,22-25H2,1-5H3,(H,41,49)(H,42,48)/b16-10-/t26-,28+,30-,32-,39+/m0/s1. The second kappa shape index (κ2) is 15.5. The Bertz CT molecular complexity index is 2020. The van der Waals surface area contributed by atoms with Crippen LogP contribution in [0.5, 0.6) is 6.01 Å². The fourth-order valence-electron chi connectivity index (χ4n) is 7.31. The lowest BCUT2D eigenvalue weighted by Crippen LogP contribution is -2.53. The quantitative estimate of drug-likeness (QED) is 0.325. The maximum atomic E-state index is 14.6. The number of carbonyl (C=O) groups is 4. The first kappa shape index (κ1) is 38.9. The molecule has 0 unspecified atom stereocenters. The monoisotopic (exact) mass is 762 g/mol. The van der Waals surface area contributed by atoms with Gasteiger partial charge in [0.2, 0.25) is 11.8 Å². The third-order valence-electron chi connectivity index (χ3n) is 10.2. The van der Waals surface area contributed by atoms with Gasteiger partial charge in [0, 0.05) is 26.9 Å². The number of allylic oxidation sites excluding steroid dienone is 2. The van der Waals surface area contributed by atoms with E-state index in [2.05, 4.69) is 10.0 Å². The molecule has 1 saturated heterocycles. The Hall–Kier alpha value is -4.76. The predicted molar refractivity (Wildman–Crippen MR) is 202 cm³/mol. The van der Waals surface area contributed by atoms with Crippen LogP contribution in [0.3, 0.4) is 0 Å². The summed E-state index contributed by atoms with van der Waals surface area (Å²) >= 11 is 0. The predicted octanol–water partition coefficient (Wildman–Crippen LogP) is 4.68. The van der Waals surface area contributed by atoms with E-state index in [1.165, 1.54) is 19.0 Å². The van der Waals surface area contributed by atoms with Crippen LogP contribution in [0.4, 0.5) is 4.79 Å². The fraction of sp³-hybridized carbons (Fsp3) is 0.513. The maximum Gasteiger partial charge on any atom is 0.408 e. The normalized spacial score (nSPS) is 25.9. The van der Waals surface area contributed by atoms with Crippen LogP contribution in [-0.4, -0.2) is 95.3 Å². The molecule has 6 rings (SSSR count). The lowest BCUT2D eigenvalue weighted by atomic mass is 9.91. The average Bonchev–Trinajstić information content (AvgIpc) is 3.44. The number of nitrogens with zero attached hydrogens (tertiary/aromatic N) is 4. The van der Waals surface area contributed by atoms with Crippen LogP contribution in [0.2, 0.25) is 0 Å². The number of ketones is 1. The van der Waals surface area contributed by atoms with E-state index in [4.69, 9.17) is 14.5 Å². The number of fused-ring (bicyclic) bond motifs is 3. The number of hydrogen-bond acceptors (Lipinski definition) is 9. The van der Waals surface area contributed by atoms with Crippen molar-refractivity contribution in [3.63, 3.8) is 0 Å². The molecule has 0 bridgehead atoms. The van der Waals surface area contributed by atoms with Crippen molar-refractivity contribution in [2.75, 3.05) is 20.6 Å². The van der Waals surface area contributed by atoms with Crippen molar-refractivity contribution in [3.05, 3.63) is 66.7 Å². The number of aromatic nitrogens is 2. The van der Waals surface area contributed by atoms with Gasteiger partial charge in [-0.25, -0.2) is 9.52 Å². The van der Waals surface area contributed by atoms with Gasteiger partial charge in [-0.2, -0.15) is 17.7 Å². The van der Waals surface area contributed by atoms with Gasteiger partial charge in [-0.3, -0.25) is 19.0 Å². The molecule has 2 N–H and O–H groups in total. The van der Waals surface area contributed by atoms with Crippen molar-refractivity contribution < 1.29 is 37.1 Å². The summed E-state index contributed by atoms with van der Waals surface area (Å²) in [6, 6.07) is 15.5. The summed E-state index contributed by atoms with van der Waals surface area (Å²) in [5, 5.41) is 2.77. The number of hydrogen-bond donors (Lipinski definition) is 2. The molecule has 3 aromatic rings. The highest BCUT2D eigenvalue weighted by molar-refractivity contribution is 7.87. The fourth-order valence-corrected chi connectivity index (χ4v) is 7.93. The van der Waals surface area contributed by atoms with Crippen molar-refractivity contribution in [1.82, 2.24) is 28.8 Å². The van der Waals surface area contributed by atoms with Gasteiger partial charge in [-0.1, -0.05) is 55.3 Å². The molecular weight excluding hydrogens is 713 g/mol. The summed E-state index contributed by atoms with van der Waals surface area (Å²) < 4.78 is 42.5. The number of alkyl carbamates (subject to hydrolysis) is 1. The lowest BCUT2D eigenvalue weighted by molar-refractivity contribution is -0.140. The Kier molecular flexibility index (Phi) is 11.2. The molecule has 14 nitrogen and oxygen atoms in total. The van der Waals surface area contributed by atoms with Crippen LogP contribution in [-0.2, 0) is 29.3 Å². The summed E-state index contributed by atoms with van der Waals surface area (Å²) in [5.74, 6) is -1.97. The van der Waals surface area contributed by atoms with E-state index in [0.29, 0.717) is 24.8 Å². The molecule has 3 aliphatic rings. The molecule has 3 amide bonds. The van der Waals surface area contributed by atoms with Gasteiger partial charge in [0.05, 0.1) is 34.7 Å². The zero-order valence-corrected chi connectivity index (χ0v) is 32.3. The summed E-state index contributed by atoms with van der Waals surface area (Å²) in [6.07, 6.45) is 5.77. The highest BCUT2D eigenvalue weighted by Crippen LogP contribution is 2.57. The third kappa shape index (κ3) is 8.62. The molecule has 54 heavy (non-hydrogen) atoms. The second-order valence-electron chi connectivity index (χ2n) is 15.6. The molecule has 1 aromatic heterocycles. The second-order valence-corrected chi connectivity index (χ2v) is 17.5. The number of nitrogens with one attached hydrogen (secondary N) is 2. The number of Topliss-reactive ketones (excluding diaryl/α,β-unsaturated/α-hetero) is 1. The molecule has 5 atom stereocenters. The summed E-state index contributed by atoms with van der Waals surface area (Å²) in [5.41, 5.74) is 0.223. The van der Waals surface area contributed by atoms with E-state index >= 15 is 0 Å². The van der Waals surface area contributed by atoms with Gasteiger partial charge in [0.25, 0.3) is 0 Å². The SMILES string of the molecule is CN(C)S(=O)(=O)NC(=O)[C@]12CC(=O)[C@@H]3C[C@@H](Oc4nc5ccccc5n4-c4ccccc4)CN3C(=O)[C@@H](NC(=O)OC(C)(C)C)CCCCC/C=C\[C@H]1C2. The third-order valence-corrected chi connectivity index (χ3v) is 11.6. The van der Waals surface area contributed by atoms with Crippen LogP contribution in [0.1, 0.15) is 72.1 Å². The summed E-state index contributed by atoms with van der Waals surface area (Å²) in [6.45, 7) is 5.22. The van der Waals surface area contributed by atoms with E-state index < -0.39 is 63.1 Å². The first-order chi connectivity index (χ1) is 25.6. The topological polar surface area (TPSA) is 169 Å². The molecule has 15 heteroatoms. The molecule has 1 aliphatic carbocycles. The van der Waals surface area contributed by atoms with Crippen LogP contribution in [0.15, 0.2) is 66.7 Å². The number of rotatable bonds is 7. The summed E-state index contributed by atoms with van der Waals surface area (Å²) in [7, 11) is -1.50. The van der Waals surface area contributed by atoms with Crippen molar-refractivity contribution in [2.24, 2.45) is 11.3 Å². The van der Waals surface area contributed by atoms with E-state index in [-0.39, 0.29) is 37.7 Å².